The normalized spacial score (nSPS) is 19.2. The summed E-state index contributed by atoms with van der Waals surface area (Å²) in [7, 11) is 0. The van der Waals surface area contributed by atoms with E-state index in [0.717, 1.165) is 43.0 Å². The summed E-state index contributed by atoms with van der Waals surface area (Å²) < 4.78 is 0. The van der Waals surface area contributed by atoms with Crippen LogP contribution in [-0.4, -0.2) is 39.4 Å². The van der Waals surface area contributed by atoms with Crippen molar-refractivity contribution in [3.05, 3.63) is 28.5 Å². The second-order valence-electron chi connectivity index (χ2n) is 6.35. The van der Waals surface area contributed by atoms with Gasteiger partial charge in [0.2, 0.25) is 11.8 Å². The summed E-state index contributed by atoms with van der Waals surface area (Å²) in [5, 5.41) is 10.7. The quantitative estimate of drug-likeness (QED) is 0.872. The lowest BCUT2D eigenvalue weighted by atomic mass is 10.00. The third kappa shape index (κ3) is 2.78. The zero-order chi connectivity index (χ0) is 16.7. The van der Waals surface area contributed by atoms with Crippen LogP contribution in [0.4, 0.5) is 11.8 Å². The second-order valence-corrected chi connectivity index (χ2v) is 6.79. The van der Waals surface area contributed by atoms with Gasteiger partial charge in [-0.3, -0.25) is 0 Å². The molecule has 0 spiro atoms. The number of piperidine rings is 1. The van der Waals surface area contributed by atoms with E-state index in [-0.39, 0.29) is 5.88 Å². The van der Waals surface area contributed by atoms with Crippen LogP contribution in [0.5, 0.6) is 5.88 Å². The van der Waals surface area contributed by atoms with Crippen molar-refractivity contribution in [2.75, 3.05) is 18.0 Å². The number of halogens is 1. The molecule has 4 heterocycles. The number of imidazole rings is 1. The van der Waals surface area contributed by atoms with Crippen LogP contribution < -0.4 is 4.90 Å². The molecule has 0 aliphatic carbocycles. The predicted octanol–water partition coefficient (Wildman–Crippen LogP) is 3.66. The highest BCUT2D eigenvalue weighted by molar-refractivity contribution is 6.31. The minimum absolute atomic E-state index is 0.00652. The number of H-pyrrole nitrogens is 1. The van der Waals surface area contributed by atoms with E-state index >= 15 is 0 Å². The van der Waals surface area contributed by atoms with E-state index in [1.165, 1.54) is 0 Å². The maximum absolute atomic E-state index is 10.2. The van der Waals surface area contributed by atoms with Crippen molar-refractivity contribution in [3.8, 4) is 5.88 Å². The SMILES string of the molecule is CC1CCN(c2nc(O)c(/C=C3/C=Nc4ncc(Cl)cc43)[nH]2)CC1. The van der Waals surface area contributed by atoms with Crippen LogP contribution >= 0.6 is 11.6 Å². The fourth-order valence-corrected chi connectivity index (χ4v) is 3.21. The number of aliphatic imine (C=N–C) groups is 1. The fraction of sp³-hybridized carbons (Fsp3) is 0.353. The zero-order valence-electron chi connectivity index (χ0n) is 13.3. The molecule has 6 nitrogen and oxygen atoms in total. The number of hydrogen-bond acceptors (Lipinski definition) is 5. The van der Waals surface area contributed by atoms with Gasteiger partial charge in [-0.15, -0.1) is 0 Å². The van der Waals surface area contributed by atoms with Gasteiger partial charge in [-0.1, -0.05) is 18.5 Å². The lowest BCUT2D eigenvalue weighted by Crippen LogP contribution is -2.33. The fourth-order valence-electron chi connectivity index (χ4n) is 3.05. The number of anilines is 1. The van der Waals surface area contributed by atoms with E-state index in [0.29, 0.717) is 22.5 Å². The van der Waals surface area contributed by atoms with Crippen molar-refractivity contribution in [2.24, 2.45) is 10.9 Å². The van der Waals surface area contributed by atoms with Crippen molar-refractivity contribution in [3.63, 3.8) is 0 Å². The number of aromatic nitrogens is 3. The van der Waals surface area contributed by atoms with Crippen LogP contribution in [0.25, 0.3) is 11.6 Å². The third-order valence-electron chi connectivity index (χ3n) is 4.55. The standard InChI is InChI=1S/C17H18ClN5O/c1-10-2-4-23(5-3-10)17-21-14(16(24)22-17)6-11-8-19-15-13(11)7-12(18)9-20-15/h6-10,24H,2-5H2,1H3,(H,21,22)/b11-6-. The Morgan fingerprint density at radius 3 is 2.96 bits per heavy atom. The van der Waals surface area contributed by atoms with Crippen molar-refractivity contribution in [2.45, 2.75) is 19.8 Å². The maximum atomic E-state index is 10.2. The second kappa shape index (κ2) is 5.94. The predicted molar refractivity (Wildman–Crippen MR) is 96.1 cm³/mol. The molecular weight excluding hydrogens is 326 g/mol. The van der Waals surface area contributed by atoms with Crippen molar-refractivity contribution in [1.29, 1.82) is 0 Å². The van der Waals surface area contributed by atoms with E-state index in [2.05, 4.69) is 31.8 Å². The molecule has 1 fully saturated rings. The molecule has 0 amide bonds. The lowest BCUT2D eigenvalue weighted by molar-refractivity contribution is 0.432. The monoisotopic (exact) mass is 343 g/mol. The molecule has 0 radical (unpaired) electrons. The number of nitrogens with one attached hydrogen (secondary N) is 1. The topological polar surface area (TPSA) is 77.4 Å². The van der Waals surface area contributed by atoms with Gasteiger partial charge in [0.1, 0.15) is 5.69 Å². The number of fused-ring (bicyclic) bond motifs is 1. The first-order valence-corrected chi connectivity index (χ1v) is 8.43. The largest absolute Gasteiger partial charge is 0.492 e. The molecule has 7 heteroatoms. The minimum atomic E-state index is -0.00652. The summed E-state index contributed by atoms with van der Waals surface area (Å²) in [6, 6.07) is 1.82. The average Bonchev–Trinajstić information content (AvgIpc) is 3.13. The molecule has 2 aromatic rings. The summed E-state index contributed by atoms with van der Waals surface area (Å²) in [4.78, 5) is 18.1. The van der Waals surface area contributed by atoms with E-state index in [1.807, 2.05) is 12.1 Å². The first-order valence-electron chi connectivity index (χ1n) is 8.06. The number of nitrogens with zero attached hydrogens (tertiary/aromatic N) is 4. The van der Waals surface area contributed by atoms with Crippen molar-refractivity contribution < 1.29 is 5.11 Å². The molecule has 124 valence electrons. The summed E-state index contributed by atoms with van der Waals surface area (Å²) in [5.41, 5.74) is 2.26. The van der Waals surface area contributed by atoms with Crippen LogP contribution in [0.2, 0.25) is 5.02 Å². The Labute approximate surface area is 144 Å². The molecule has 0 unspecified atom stereocenters. The first kappa shape index (κ1) is 15.2. The molecule has 0 bridgehead atoms. The van der Waals surface area contributed by atoms with Crippen LogP contribution in [0.1, 0.15) is 31.0 Å². The van der Waals surface area contributed by atoms with E-state index < -0.39 is 0 Å². The van der Waals surface area contributed by atoms with Gasteiger partial charge in [0.15, 0.2) is 5.82 Å². The molecule has 2 aliphatic heterocycles. The highest BCUT2D eigenvalue weighted by Crippen LogP contribution is 2.34. The molecule has 0 saturated carbocycles. The zero-order valence-corrected chi connectivity index (χ0v) is 14.1. The van der Waals surface area contributed by atoms with Crippen LogP contribution in [0, 0.1) is 5.92 Å². The molecule has 4 rings (SSSR count). The van der Waals surface area contributed by atoms with Gasteiger partial charge in [0.25, 0.3) is 0 Å². The number of aromatic hydroxyl groups is 1. The molecular formula is C17H18ClN5O. The minimum Gasteiger partial charge on any atom is -0.492 e. The van der Waals surface area contributed by atoms with Gasteiger partial charge in [-0.25, -0.2) is 9.98 Å². The molecule has 0 atom stereocenters. The van der Waals surface area contributed by atoms with Crippen molar-refractivity contribution >= 4 is 41.2 Å². The Balaban J connectivity index is 1.63. The Bertz CT molecular complexity index is 834. The van der Waals surface area contributed by atoms with Gasteiger partial charge >= 0.3 is 0 Å². The Morgan fingerprint density at radius 1 is 1.38 bits per heavy atom. The third-order valence-corrected chi connectivity index (χ3v) is 4.76. The molecule has 2 aromatic heterocycles. The number of pyridine rings is 1. The Hall–Kier alpha value is -2.34. The van der Waals surface area contributed by atoms with Crippen LogP contribution in [0.15, 0.2) is 17.3 Å². The summed E-state index contributed by atoms with van der Waals surface area (Å²) in [6.07, 6.45) is 7.40. The highest BCUT2D eigenvalue weighted by Gasteiger charge is 2.21. The summed E-state index contributed by atoms with van der Waals surface area (Å²) >= 11 is 6.02. The molecule has 24 heavy (non-hydrogen) atoms. The lowest BCUT2D eigenvalue weighted by Gasteiger charge is -2.29. The van der Waals surface area contributed by atoms with Gasteiger partial charge in [-0.05, 0) is 30.9 Å². The van der Waals surface area contributed by atoms with E-state index in [4.69, 9.17) is 11.6 Å². The Morgan fingerprint density at radius 2 is 2.17 bits per heavy atom. The average molecular weight is 344 g/mol. The molecule has 1 saturated heterocycles. The summed E-state index contributed by atoms with van der Waals surface area (Å²) in [6.45, 7) is 4.17. The van der Waals surface area contributed by atoms with E-state index in [9.17, 15) is 5.11 Å². The number of hydrogen-bond donors (Lipinski definition) is 2. The van der Waals surface area contributed by atoms with Gasteiger partial charge in [-0.2, -0.15) is 4.98 Å². The highest BCUT2D eigenvalue weighted by atomic mass is 35.5. The smallest absolute Gasteiger partial charge is 0.238 e. The van der Waals surface area contributed by atoms with Gasteiger partial charge < -0.3 is 15.0 Å². The van der Waals surface area contributed by atoms with Crippen LogP contribution in [0.3, 0.4) is 0 Å². The molecule has 2 aliphatic rings. The Kier molecular flexibility index (Phi) is 3.76. The number of allylic oxidation sites excluding steroid dienone is 1. The molecule has 0 aromatic carbocycles. The van der Waals surface area contributed by atoms with Crippen LogP contribution in [-0.2, 0) is 0 Å². The number of rotatable bonds is 2. The van der Waals surface area contributed by atoms with Crippen molar-refractivity contribution in [1.82, 2.24) is 15.0 Å². The molecule has 2 N–H and O–H groups in total. The summed E-state index contributed by atoms with van der Waals surface area (Å²) in [5.74, 6) is 2.09. The maximum Gasteiger partial charge on any atom is 0.238 e. The van der Waals surface area contributed by atoms with E-state index in [1.54, 1.807) is 12.4 Å². The first-order chi connectivity index (χ1) is 11.6. The van der Waals surface area contributed by atoms with Gasteiger partial charge in [0.05, 0.1) is 5.02 Å². The van der Waals surface area contributed by atoms with Gasteiger partial charge in [0, 0.05) is 36.6 Å². The number of aromatic amines is 1.